The van der Waals surface area contributed by atoms with Crippen LogP contribution in [0.1, 0.15) is 25.7 Å². The minimum Gasteiger partial charge on any atom is -0.478 e. The molecule has 2 aliphatic rings. The van der Waals surface area contributed by atoms with E-state index in [2.05, 4.69) is 11.9 Å². The second-order valence-corrected chi connectivity index (χ2v) is 7.61. The maximum absolute atomic E-state index is 11.6. The summed E-state index contributed by atoms with van der Waals surface area (Å²) >= 11 is 12.0. The van der Waals surface area contributed by atoms with Gasteiger partial charge < -0.3 is 20.0 Å². The normalized spacial score (nSPS) is 23.8. The molecule has 0 aliphatic carbocycles. The Hall–Kier alpha value is -2.09. The third kappa shape index (κ3) is 5.70. The Kier molecular flexibility index (Phi) is 7.86. The first kappa shape index (κ1) is 22.2. The van der Waals surface area contributed by atoms with Crippen LogP contribution in [0.25, 0.3) is 0 Å². The van der Waals surface area contributed by atoms with Gasteiger partial charge in [0.15, 0.2) is 0 Å². The Bertz CT molecular complexity index is 741. The molecule has 2 bridgehead atoms. The molecule has 3 rings (SSSR count). The van der Waals surface area contributed by atoms with Gasteiger partial charge in [0.25, 0.3) is 0 Å². The van der Waals surface area contributed by atoms with Crippen molar-refractivity contribution in [1.29, 1.82) is 0 Å². The van der Waals surface area contributed by atoms with E-state index in [0.29, 0.717) is 34.3 Å². The molecule has 2 saturated heterocycles. The highest BCUT2D eigenvalue weighted by atomic mass is 35.5. The number of carboxylic acids is 2. The summed E-state index contributed by atoms with van der Waals surface area (Å²) in [5.74, 6) is -2.51. The quantitative estimate of drug-likeness (QED) is 0.551. The van der Waals surface area contributed by atoms with Crippen LogP contribution in [0.4, 0.5) is 5.69 Å². The summed E-state index contributed by atoms with van der Waals surface area (Å²) in [5.41, 5.74) is 0.836. The van der Waals surface area contributed by atoms with E-state index in [-0.39, 0.29) is 6.04 Å². The Morgan fingerprint density at radius 3 is 2.04 bits per heavy atom. The second-order valence-electron chi connectivity index (χ2n) is 6.80. The molecule has 1 amide bonds. The van der Waals surface area contributed by atoms with E-state index in [4.69, 9.17) is 33.4 Å². The van der Waals surface area contributed by atoms with Crippen molar-refractivity contribution in [2.24, 2.45) is 0 Å². The summed E-state index contributed by atoms with van der Waals surface area (Å²) in [6.07, 6.45) is 6.59. The number of aliphatic carboxylic acids is 2. The monoisotopic (exact) mass is 428 g/mol. The number of benzene rings is 1. The molecule has 2 heterocycles. The maximum Gasteiger partial charge on any atom is 0.328 e. The lowest BCUT2D eigenvalue weighted by Gasteiger charge is -2.40. The van der Waals surface area contributed by atoms with Crippen molar-refractivity contribution in [3.8, 4) is 0 Å². The van der Waals surface area contributed by atoms with Gasteiger partial charge in [-0.25, -0.2) is 9.59 Å². The number of nitrogens with zero attached hydrogens (tertiary/aromatic N) is 2. The van der Waals surface area contributed by atoms with E-state index >= 15 is 0 Å². The number of carbonyl (C=O) groups excluding carboxylic acids is 1. The molecule has 0 aromatic heterocycles. The molecule has 2 N–H and O–H groups in total. The number of anilines is 1. The predicted molar refractivity (Wildman–Crippen MR) is 107 cm³/mol. The van der Waals surface area contributed by atoms with Crippen LogP contribution < -0.4 is 4.90 Å². The summed E-state index contributed by atoms with van der Waals surface area (Å²) in [4.78, 5) is 34.9. The van der Waals surface area contributed by atoms with Gasteiger partial charge in [0.1, 0.15) is 0 Å². The van der Waals surface area contributed by atoms with Gasteiger partial charge in [-0.15, -0.1) is 0 Å². The number of hydrogen-bond donors (Lipinski definition) is 2. The zero-order valence-corrected chi connectivity index (χ0v) is 16.8. The van der Waals surface area contributed by atoms with E-state index in [0.717, 1.165) is 24.9 Å². The largest absolute Gasteiger partial charge is 0.478 e. The predicted octanol–water partition coefficient (Wildman–Crippen LogP) is 3.29. The zero-order chi connectivity index (χ0) is 20.8. The number of amides is 1. The highest BCUT2D eigenvalue weighted by Gasteiger charge is 2.40. The fourth-order valence-corrected chi connectivity index (χ4v) is 4.05. The van der Waals surface area contributed by atoms with E-state index in [1.807, 2.05) is 11.0 Å². The number of hydrogen-bond acceptors (Lipinski definition) is 4. The lowest BCUT2D eigenvalue weighted by molar-refractivity contribution is -0.134. The molecule has 0 radical (unpaired) electrons. The molecule has 2 fully saturated rings. The van der Waals surface area contributed by atoms with Crippen LogP contribution in [0.5, 0.6) is 0 Å². The Morgan fingerprint density at radius 1 is 1.07 bits per heavy atom. The van der Waals surface area contributed by atoms with Gasteiger partial charge >= 0.3 is 11.9 Å². The fraction of sp³-hybridized carbons (Fsp3) is 0.421. The van der Waals surface area contributed by atoms with Gasteiger partial charge in [0.2, 0.25) is 6.41 Å². The third-order valence-electron chi connectivity index (χ3n) is 5.15. The van der Waals surface area contributed by atoms with E-state index in [1.165, 1.54) is 12.8 Å². The number of piperidine rings is 1. The average Bonchev–Trinajstić information content (AvgIpc) is 2.84. The van der Waals surface area contributed by atoms with Crippen molar-refractivity contribution in [3.05, 3.63) is 40.4 Å². The van der Waals surface area contributed by atoms with Crippen molar-refractivity contribution < 1.29 is 24.6 Å². The summed E-state index contributed by atoms with van der Waals surface area (Å²) in [6.45, 7) is 0. The number of halogens is 2. The average molecular weight is 429 g/mol. The highest BCUT2D eigenvalue weighted by Crippen LogP contribution is 2.38. The van der Waals surface area contributed by atoms with Gasteiger partial charge in [0, 0.05) is 36.0 Å². The second kappa shape index (κ2) is 9.91. The summed E-state index contributed by atoms with van der Waals surface area (Å²) < 4.78 is 0. The maximum atomic E-state index is 11.6. The third-order valence-corrected chi connectivity index (χ3v) is 5.89. The van der Waals surface area contributed by atoms with Crippen molar-refractivity contribution in [1.82, 2.24) is 4.90 Å². The smallest absolute Gasteiger partial charge is 0.328 e. The van der Waals surface area contributed by atoms with Crippen molar-refractivity contribution >= 4 is 47.2 Å². The highest BCUT2D eigenvalue weighted by molar-refractivity contribution is 6.42. The molecule has 152 valence electrons. The Balaban J connectivity index is 0.000000300. The molecule has 9 heteroatoms. The SMILES string of the molecule is CN1C2CCC1CC(N(C=O)c1ccc(Cl)c(Cl)c1)C2.O=C(O)/C=C/C(=O)O. The van der Waals surface area contributed by atoms with Gasteiger partial charge in [-0.1, -0.05) is 23.2 Å². The number of fused-ring (bicyclic) bond motifs is 2. The molecule has 1 aromatic rings. The van der Waals surface area contributed by atoms with Crippen LogP contribution >= 0.6 is 23.2 Å². The lowest BCUT2D eigenvalue weighted by Crippen LogP contribution is -2.48. The Labute approximate surface area is 173 Å². The lowest BCUT2D eigenvalue weighted by atomic mass is 9.96. The first-order valence-corrected chi connectivity index (χ1v) is 9.53. The molecule has 7 nitrogen and oxygen atoms in total. The Morgan fingerprint density at radius 2 is 1.61 bits per heavy atom. The first-order chi connectivity index (χ1) is 13.2. The standard InChI is InChI=1S/C15H18Cl2N2O.C4H4O4/c1-18-10-2-3-11(18)7-13(6-10)19(9-20)12-4-5-14(16)15(17)8-12;5-3(6)1-2-4(7)8/h4-5,8-11,13H,2-3,6-7H2,1H3;1-2H,(H,5,6)(H,7,8)/b;2-1+. The molecule has 28 heavy (non-hydrogen) atoms. The number of carbonyl (C=O) groups is 3. The minimum absolute atomic E-state index is 0.262. The van der Waals surface area contributed by atoms with Gasteiger partial charge in [-0.05, 0) is 50.9 Å². The van der Waals surface area contributed by atoms with Crippen LogP contribution in [0.2, 0.25) is 10.0 Å². The summed E-state index contributed by atoms with van der Waals surface area (Å²) in [7, 11) is 2.20. The topological polar surface area (TPSA) is 98.2 Å². The summed E-state index contributed by atoms with van der Waals surface area (Å²) in [6, 6.07) is 6.85. The van der Waals surface area contributed by atoms with Crippen LogP contribution in [0.3, 0.4) is 0 Å². The molecule has 0 saturated carbocycles. The minimum atomic E-state index is -1.26. The first-order valence-electron chi connectivity index (χ1n) is 8.77. The molecule has 2 unspecified atom stereocenters. The van der Waals surface area contributed by atoms with Crippen molar-refractivity contribution in [2.75, 3.05) is 11.9 Å². The van der Waals surface area contributed by atoms with Crippen LogP contribution in [0, 0.1) is 0 Å². The van der Waals surface area contributed by atoms with E-state index in [1.54, 1.807) is 12.1 Å². The van der Waals surface area contributed by atoms with E-state index in [9.17, 15) is 14.4 Å². The van der Waals surface area contributed by atoms with Gasteiger partial charge in [0.05, 0.1) is 10.0 Å². The fourth-order valence-electron chi connectivity index (χ4n) is 3.76. The van der Waals surface area contributed by atoms with Gasteiger partial charge in [-0.2, -0.15) is 0 Å². The van der Waals surface area contributed by atoms with Crippen molar-refractivity contribution in [2.45, 2.75) is 43.8 Å². The zero-order valence-electron chi connectivity index (χ0n) is 15.3. The molecule has 2 atom stereocenters. The van der Waals surface area contributed by atoms with Crippen molar-refractivity contribution in [3.63, 3.8) is 0 Å². The molecule has 2 aliphatic heterocycles. The number of carboxylic acid groups (broad SMARTS) is 2. The number of rotatable bonds is 5. The molecular formula is C19H22Cl2N2O5. The van der Waals surface area contributed by atoms with Crippen LogP contribution in [0.15, 0.2) is 30.4 Å². The van der Waals surface area contributed by atoms with Crippen LogP contribution in [-0.2, 0) is 14.4 Å². The van der Waals surface area contributed by atoms with Gasteiger partial charge in [-0.3, -0.25) is 4.79 Å². The molecular weight excluding hydrogens is 407 g/mol. The molecule has 1 aromatic carbocycles. The molecule has 0 spiro atoms. The summed E-state index contributed by atoms with van der Waals surface area (Å²) in [5, 5.41) is 16.6. The van der Waals surface area contributed by atoms with Crippen LogP contribution in [-0.4, -0.2) is 58.6 Å². The van der Waals surface area contributed by atoms with E-state index < -0.39 is 11.9 Å².